The summed E-state index contributed by atoms with van der Waals surface area (Å²) in [5, 5.41) is 14.9. The number of hydrogen-bond acceptors (Lipinski definition) is 4. The molecule has 0 aliphatic carbocycles. The Hall–Kier alpha value is -3.09. The van der Waals surface area contributed by atoms with Crippen LogP contribution in [0.3, 0.4) is 0 Å². The summed E-state index contributed by atoms with van der Waals surface area (Å²) in [6, 6.07) is 7.92. The molecule has 0 spiro atoms. The molecule has 7 nitrogen and oxygen atoms in total. The molecule has 1 aliphatic rings. The first-order chi connectivity index (χ1) is 14.0. The monoisotopic (exact) mass is 392 g/mol. The molecule has 29 heavy (non-hydrogen) atoms. The Morgan fingerprint density at radius 1 is 1.28 bits per heavy atom. The summed E-state index contributed by atoms with van der Waals surface area (Å²) >= 11 is 0. The highest BCUT2D eigenvalue weighted by Gasteiger charge is 2.19. The van der Waals surface area contributed by atoms with Crippen molar-refractivity contribution in [2.75, 3.05) is 23.8 Å². The zero-order valence-electron chi connectivity index (χ0n) is 17.5. The average Bonchev–Trinajstić information content (AvgIpc) is 3.28. The highest BCUT2D eigenvalue weighted by atomic mass is 16.1. The fourth-order valence-corrected chi connectivity index (χ4v) is 4.10. The second-order valence-electron chi connectivity index (χ2n) is 7.76. The van der Waals surface area contributed by atoms with Crippen molar-refractivity contribution in [3.05, 3.63) is 46.9 Å². The number of aromatic nitrogens is 4. The molecule has 0 atom stereocenters. The normalized spacial score (nSPS) is 13.4. The third-order valence-corrected chi connectivity index (χ3v) is 5.59. The van der Waals surface area contributed by atoms with E-state index >= 15 is 0 Å². The van der Waals surface area contributed by atoms with E-state index in [9.17, 15) is 4.79 Å². The highest BCUT2D eigenvalue weighted by molar-refractivity contribution is 6.03. The number of fused-ring (bicyclic) bond motifs is 1. The summed E-state index contributed by atoms with van der Waals surface area (Å²) in [6.45, 7) is 8.07. The van der Waals surface area contributed by atoms with Gasteiger partial charge in [-0.25, -0.2) is 0 Å². The van der Waals surface area contributed by atoms with E-state index in [-0.39, 0.29) is 5.91 Å². The minimum absolute atomic E-state index is 0.196. The fraction of sp³-hybridized carbons (Fsp3) is 0.409. The van der Waals surface area contributed by atoms with E-state index in [1.807, 2.05) is 30.7 Å². The maximum atomic E-state index is 12.8. The molecule has 0 bridgehead atoms. The van der Waals surface area contributed by atoms with Crippen molar-refractivity contribution in [1.29, 1.82) is 0 Å². The van der Waals surface area contributed by atoms with Gasteiger partial charge in [-0.15, -0.1) is 0 Å². The van der Waals surface area contributed by atoms with Crippen LogP contribution in [0.2, 0.25) is 0 Å². The number of nitrogens with one attached hydrogen (secondary N) is 2. The standard InChI is InChI=1S/C22H28N6O/c1-5-10-28-15(3)21(14(2)26-28)18-13-19(25-24-18)22(29)23-17-9-8-16-7-6-11-27(4)20(16)12-17/h8-9,12-13H,5-7,10-11H2,1-4H3,(H,23,29)(H,24,25). The summed E-state index contributed by atoms with van der Waals surface area (Å²) in [6.07, 6.45) is 3.27. The van der Waals surface area contributed by atoms with E-state index in [1.54, 1.807) is 6.07 Å². The van der Waals surface area contributed by atoms with E-state index in [0.717, 1.165) is 54.3 Å². The lowest BCUT2D eigenvalue weighted by Crippen LogP contribution is -2.24. The highest BCUT2D eigenvalue weighted by Crippen LogP contribution is 2.29. The van der Waals surface area contributed by atoms with Crippen molar-refractivity contribution in [2.45, 2.75) is 46.6 Å². The number of anilines is 2. The number of aryl methyl sites for hydroxylation is 3. The number of carbonyl (C=O) groups excluding carboxylic acids is 1. The molecule has 1 aliphatic heterocycles. The largest absolute Gasteiger partial charge is 0.374 e. The van der Waals surface area contributed by atoms with Gasteiger partial charge < -0.3 is 10.2 Å². The van der Waals surface area contributed by atoms with Crippen LogP contribution in [0.5, 0.6) is 0 Å². The second kappa shape index (κ2) is 7.73. The van der Waals surface area contributed by atoms with Crippen LogP contribution < -0.4 is 10.2 Å². The number of aromatic amines is 1. The molecule has 4 rings (SSSR count). The van der Waals surface area contributed by atoms with Crippen LogP contribution in [0.1, 0.15) is 47.2 Å². The molecule has 2 N–H and O–H groups in total. The summed E-state index contributed by atoms with van der Waals surface area (Å²) in [5.41, 5.74) is 7.48. The number of nitrogens with zero attached hydrogens (tertiary/aromatic N) is 4. The van der Waals surface area contributed by atoms with Crippen LogP contribution in [0.25, 0.3) is 11.3 Å². The lowest BCUT2D eigenvalue weighted by Gasteiger charge is -2.28. The Morgan fingerprint density at radius 3 is 2.90 bits per heavy atom. The molecule has 2 aromatic heterocycles. The van der Waals surface area contributed by atoms with Crippen LogP contribution in [-0.4, -0.2) is 39.5 Å². The quantitative estimate of drug-likeness (QED) is 0.689. The number of hydrogen-bond donors (Lipinski definition) is 2. The molecule has 0 saturated carbocycles. The van der Waals surface area contributed by atoms with E-state index in [0.29, 0.717) is 5.69 Å². The number of H-pyrrole nitrogens is 1. The maximum Gasteiger partial charge on any atom is 0.273 e. The molecule has 0 fully saturated rings. The fourth-order valence-electron chi connectivity index (χ4n) is 4.10. The lowest BCUT2D eigenvalue weighted by molar-refractivity contribution is 0.102. The van der Waals surface area contributed by atoms with Gasteiger partial charge >= 0.3 is 0 Å². The molecule has 1 aromatic carbocycles. The van der Waals surface area contributed by atoms with E-state index in [2.05, 4.69) is 45.6 Å². The third kappa shape index (κ3) is 3.64. The van der Waals surface area contributed by atoms with E-state index < -0.39 is 0 Å². The Morgan fingerprint density at radius 2 is 2.10 bits per heavy atom. The predicted molar refractivity (Wildman–Crippen MR) is 116 cm³/mol. The van der Waals surface area contributed by atoms with E-state index in [1.165, 1.54) is 17.7 Å². The lowest BCUT2D eigenvalue weighted by atomic mass is 10.0. The van der Waals surface area contributed by atoms with Gasteiger partial charge in [0.15, 0.2) is 0 Å². The molecular formula is C22H28N6O. The van der Waals surface area contributed by atoms with Crippen molar-refractivity contribution >= 4 is 17.3 Å². The SMILES string of the molecule is CCCn1nc(C)c(-c2cc(C(=O)Nc3ccc4c(c3)N(C)CCC4)[nH]n2)c1C. The number of benzene rings is 1. The van der Waals surface area contributed by atoms with E-state index in [4.69, 9.17) is 0 Å². The van der Waals surface area contributed by atoms with Gasteiger partial charge in [0.05, 0.1) is 11.4 Å². The first-order valence-corrected chi connectivity index (χ1v) is 10.2. The van der Waals surface area contributed by atoms with Crippen molar-refractivity contribution in [2.24, 2.45) is 0 Å². The Labute approximate surface area is 171 Å². The van der Waals surface area contributed by atoms with Gasteiger partial charge in [-0.3, -0.25) is 14.6 Å². The van der Waals surface area contributed by atoms with Crippen LogP contribution in [0.15, 0.2) is 24.3 Å². The predicted octanol–water partition coefficient (Wildman–Crippen LogP) is 3.93. The number of rotatable bonds is 5. The van der Waals surface area contributed by atoms with Crippen molar-refractivity contribution in [1.82, 2.24) is 20.0 Å². The molecule has 1 amide bonds. The topological polar surface area (TPSA) is 78.8 Å². The summed E-state index contributed by atoms with van der Waals surface area (Å²) in [4.78, 5) is 15.0. The molecule has 0 unspecified atom stereocenters. The van der Waals surface area contributed by atoms with Gasteiger partial charge in [0.25, 0.3) is 5.91 Å². The van der Waals surface area contributed by atoms with Crippen molar-refractivity contribution in [3.63, 3.8) is 0 Å². The van der Waals surface area contributed by atoms with Gasteiger partial charge in [0, 0.05) is 42.8 Å². The molecule has 3 aromatic rings. The second-order valence-corrected chi connectivity index (χ2v) is 7.76. The number of carbonyl (C=O) groups is 1. The zero-order valence-corrected chi connectivity index (χ0v) is 17.5. The molecule has 0 radical (unpaired) electrons. The molecule has 152 valence electrons. The van der Waals surface area contributed by atoms with Gasteiger partial charge in [0.1, 0.15) is 5.69 Å². The third-order valence-electron chi connectivity index (χ3n) is 5.59. The van der Waals surface area contributed by atoms with Gasteiger partial charge in [-0.1, -0.05) is 13.0 Å². The van der Waals surface area contributed by atoms with Crippen LogP contribution in [0, 0.1) is 13.8 Å². The summed E-state index contributed by atoms with van der Waals surface area (Å²) < 4.78 is 2.00. The van der Waals surface area contributed by atoms with Crippen molar-refractivity contribution < 1.29 is 4.79 Å². The Bertz CT molecular complexity index is 1050. The van der Waals surface area contributed by atoms with Crippen molar-refractivity contribution in [3.8, 4) is 11.3 Å². The van der Waals surface area contributed by atoms with Gasteiger partial charge in [0.2, 0.25) is 0 Å². The molecule has 7 heteroatoms. The minimum Gasteiger partial charge on any atom is -0.374 e. The first-order valence-electron chi connectivity index (χ1n) is 10.2. The Balaban J connectivity index is 1.55. The first kappa shape index (κ1) is 19.2. The van der Waals surface area contributed by atoms with Crippen LogP contribution in [0.4, 0.5) is 11.4 Å². The zero-order chi connectivity index (χ0) is 20.5. The molecule has 3 heterocycles. The van der Waals surface area contributed by atoms with Gasteiger partial charge in [-0.05, 0) is 56.9 Å². The maximum absolute atomic E-state index is 12.8. The Kier molecular flexibility index (Phi) is 5.13. The summed E-state index contributed by atoms with van der Waals surface area (Å²) in [7, 11) is 2.09. The van der Waals surface area contributed by atoms with Crippen LogP contribution >= 0.6 is 0 Å². The smallest absolute Gasteiger partial charge is 0.273 e. The molecular weight excluding hydrogens is 364 g/mol. The average molecular weight is 393 g/mol. The minimum atomic E-state index is -0.196. The summed E-state index contributed by atoms with van der Waals surface area (Å²) in [5.74, 6) is -0.196. The van der Waals surface area contributed by atoms with Gasteiger partial charge in [-0.2, -0.15) is 10.2 Å². The number of amides is 1. The van der Waals surface area contributed by atoms with Crippen LogP contribution in [-0.2, 0) is 13.0 Å². The molecule has 0 saturated heterocycles.